The second-order valence-corrected chi connectivity index (χ2v) is 5.87. The number of carbonyl (C=O) groups is 1. The van der Waals surface area contributed by atoms with Gasteiger partial charge in [0.2, 0.25) is 0 Å². The predicted molar refractivity (Wildman–Crippen MR) is 85.3 cm³/mol. The molecule has 6 heteroatoms. The second kappa shape index (κ2) is 7.98. The van der Waals surface area contributed by atoms with Crippen LogP contribution in [0.2, 0.25) is 5.02 Å². The highest BCUT2D eigenvalue weighted by Crippen LogP contribution is 2.27. The Morgan fingerprint density at radius 3 is 2.62 bits per heavy atom. The van der Waals surface area contributed by atoms with Crippen molar-refractivity contribution in [3.05, 3.63) is 23.2 Å². The van der Waals surface area contributed by atoms with Crippen LogP contribution >= 0.6 is 11.6 Å². The van der Waals surface area contributed by atoms with Gasteiger partial charge in [0, 0.05) is 18.1 Å². The molecule has 118 valence electrons. The largest absolute Gasteiger partial charge is 0.492 e. The van der Waals surface area contributed by atoms with Gasteiger partial charge in [-0.2, -0.15) is 0 Å². The van der Waals surface area contributed by atoms with Crippen LogP contribution in [-0.2, 0) is 4.74 Å². The Balaban J connectivity index is 2.42. The van der Waals surface area contributed by atoms with E-state index in [-0.39, 0.29) is 0 Å². The van der Waals surface area contributed by atoms with E-state index in [1.807, 2.05) is 33.8 Å². The fourth-order valence-electron chi connectivity index (χ4n) is 1.60. The van der Waals surface area contributed by atoms with Crippen LogP contribution in [0.4, 0.5) is 10.5 Å². The Morgan fingerprint density at radius 1 is 1.29 bits per heavy atom. The molecule has 1 aromatic carbocycles. The molecule has 0 aliphatic carbocycles. The molecule has 0 bridgehead atoms. The van der Waals surface area contributed by atoms with Crippen molar-refractivity contribution in [2.75, 3.05) is 25.0 Å². The van der Waals surface area contributed by atoms with Crippen molar-refractivity contribution < 1.29 is 14.3 Å². The fourth-order valence-corrected chi connectivity index (χ4v) is 1.77. The van der Waals surface area contributed by atoms with E-state index < -0.39 is 11.7 Å². The molecular formula is C15H23ClN2O3. The van der Waals surface area contributed by atoms with Crippen molar-refractivity contribution in [1.82, 2.24) is 5.32 Å². The molecule has 1 aromatic rings. The molecule has 1 rings (SSSR count). The standard InChI is InChI=1S/C15H23ClN2O3/c1-5-20-13-7-6-11(16)10-12(13)17-8-9-18-14(19)21-15(2,3)4/h6-7,10,17H,5,8-9H2,1-4H3,(H,18,19). The van der Waals surface area contributed by atoms with E-state index in [2.05, 4.69) is 10.6 Å². The van der Waals surface area contributed by atoms with Gasteiger partial charge in [-0.3, -0.25) is 0 Å². The Bertz CT molecular complexity index is 472. The third-order valence-corrected chi connectivity index (χ3v) is 2.59. The first-order valence-electron chi connectivity index (χ1n) is 6.95. The number of alkyl carbamates (subject to hydrolysis) is 1. The summed E-state index contributed by atoms with van der Waals surface area (Å²) in [6.07, 6.45) is -0.430. The zero-order valence-corrected chi connectivity index (χ0v) is 13.7. The maximum Gasteiger partial charge on any atom is 0.407 e. The van der Waals surface area contributed by atoms with Gasteiger partial charge in [0.1, 0.15) is 11.4 Å². The molecule has 0 atom stereocenters. The first-order chi connectivity index (χ1) is 9.81. The van der Waals surface area contributed by atoms with E-state index in [1.54, 1.807) is 12.1 Å². The average Bonchev–Trinajstić information content (AvgIpc) is 2.35. The van der Waals surface area contributed by atoms with Gasteiger partial charge < -0.3 is 20.1 Å². The first-order valence-corrected chi connectivity index (χ1v) is 7.32. The molecule has 2 N–H and O–H groups in total. The normalized spacial score (nSPS) is 10.9. The summed E-state index contributed by atoms with van der Waals surface area (Å²) in [4.78, 5) is 11.5. The number of carbonyl (C=O) groups excluding carboxylic acids is 1. The van der Waals surface area contributed by atoms with Crippen molar-refractivity contribution in [2.45, 2.75) is 33.3 Å². The van der Waals surface area contributed by atoms with E-state index in [9.17, 15) is 4.79 Å². The van der Waals surface area contributed by atoms with Gasteiger partial charge in [0.05, 0.1) is 12.3 Å². The molecule has 0 saturated carbocycles. The minimum Gasteiger partial charge on any atom is -0.492 e. The SMILES string of the molecule is CCOc1ccc(Cl)cc1NCCNC(=O)OC(C)(C)C. The zero-order chi connectivity index (χ0) is 15.9. The zero-order valence-electron chi connectivity index (χ0n) is 13.0. The lowest BCUT2D eigenvalue weighted by molar-refractivity contribution is 0.0530. The quantitative estimate of drug-likeness (QED) is 0.786. The molecule has 0 aromatic heterocycles. The van der Waals surface area contributed by atoms with Crippen molar-refractivity contribution in [3.8, 4) is 5.75 Å². The molecule has 1 amide bonds. The lowest BCUT2D eigenvalue weighted by Gasteiger charge is -2.20. The number of halogens is 1. The third kappa shape index (κ3) is 7.09. The minimum absolute atomic E-state index is 0.430. The van der Waals surface area contributed by atoms with Crippen molar-refractivity contribution in [2.24, 2.45) is 0 Å². The summed E-state index contributed by atoms with van der Waals surface area (Å²) in [6.45, 7) is 8.95. The van der Waals surface area contributed by atoms with Gasteiger partial charge in [0.25, 0.3) is 0 Å². The molecular weight excluding hydrogens is 292 g/mol. The molecule has 0 saturated heterocycles. The molecule has 0 aliphatic heterocycles. The Hall–Kier alpha value is -1.62. The van der Waals surface area contributed by atoms with Crippen molar-refractivity contribution >= 4 is 23.4 Å². The van der Waals surface area contributed by atoms with E-state index in [4.69, 9.17) is 21.1 Å². The van der Waals surface area contributed by atoms with E-state index in [1.165, 1.54) is 0 Å². The molecule has 0 spiro atoms. The van der Waals surface area contributed by atoms with Crippen LogP contribution in [0, 0.1) is 0 Å². The van der Waals surface area contributed by atoms with Crippen molar-refractivity contribution in [1.29, 1.82) is 0 Å². The molecule has 5 nitrogen and oxygen atoms in total. The van der Waals surface area contributed by atoms with Gasteiger partial charge >= 0.3 is 6.09 Å². The maximum atomic E-state index is 11.5. The fraction of sp³-hybridized carbons (Fsp3) is 0.533. The molecule has 0 unspecified atom stereocenters. The first kappa shape index (κ1) is 17.4. The molecule has 0 radical (unpaired) electrons. The number of amides is 1. The number of rotatable bonds is 6. The lowest BCUT2D eigenvalue weighted by atomic mass is 10.2. The molecule has 0 aliphatic rings. The molecule has 21 heavy (non-hydrogen) atoms. The number of benzene rings is 1. The van der Waals surface area contributed by atoms with Crippen LogP contribution in [0.5, 0.6) is 5.75 Å². The van der Waals surface area contributed by atoms with Gasteiger partial charge in [-0.1, -0.05) is 11.6 Å². The summed E-state index contributed by atoms with van der Waals surface area (Å²) >= 11 is 5.97. The number of hydrogen-bond acceptors (Lipinski definition) is 4. The van der Waals surface area contributed by atoms with Crippen LogP contribution in [0.15, 0.2) is 18.2 Å². The number of anilines is 1. The van der Waals surface area contributed by atoms with Crippen LogP contribution in [-0.4, -0.2) is 31.4 Å². The Kier molecular flexibility index (Phi) is 6.62. The number of hydrogen-bond donors (Lipinski definition) is 2. The van der Waals surface area contributed by atoms with Crippen molar-refractivity contribution in [3.63, 3.8) is 0 Å². The topological polar surface area (TPSA) is 59.6 Å². The average molecular weight is 315 g/mol. The van der Waals surface area contributed by atoms with Crippen LogP contribution in [0.25, 0.3) is 0 Å². The van der Waals surface area contributed by atoms with E-state index in [0.717, 1.165) is 11.4 Å². The van der Waals surface area contributed by atoms with E-state index >= 15 is 0 Å². The number of nitrogens with one attached hydrogen (secondary N) is 2. The molecule has 0 fully saturated rings. The summed E-state index contributed by atoms with van der Waals surface area (Å²) in [5.74, 6) is 0.735. The van der Waals surface area contributed by atoms with Gasteiger partial charge in [-0.25, -0.2) is 4.79 Å². The highest BCUT2D eigenvalue weighted by Gasteiger charge is 2.15. The summed E-state index contributed by atoms with van der Waals surface area (Å²) in [6, 6.07) is 5.38. The maximum absolute atomic E-state index is 11.5. The Labute approximate surface area is 131 Å². The minimum atomic E-state index is -0.493. The van der Waals surface area contributed by atoms with Crippen LogP contribution in [0.1, 0.15) is 27.7 Å². The number of ether oxygens (including phenoxy) is 2. The third-order valence-electron chi connectivity index (χ3n) is 2.35. The highest BCUT2D eigenvalue weighted by molar-refractivity contribution is 6.30. The smallest absolute Gasteiger partial charge is 0.407 e. The highest BCUT2D eigenvalue weighted by atomic mass is 35.5. The summed E-state index contributed by atoms with van der Waals surface area (Å²) in [7, 11) is 0. The second-order valence-electron chi connectivity index (χ2n) is 5.43. The van der Waals surface area contributed by atoms with Crippen LogP contribution < -0.4 is 15.4 Å². The summed E-state index contributed by atoms with van der Waals surface area (Å²) in [5, 5.41) is 6.48. The lowest BCUT2D eigenvalue weighted by Crippen LogP contribution is -2.35. The molecule has 0 heterocycles. The Morgan fingerprint density at radius 2 is 2.00 bits per heavy atom. The van der Waals surface area contributed by atoms with Gasteiger partial charge in [-0.05, 0) is 45.9 Å². The summed E-state index contributed by atoms with van der Waals surface area (Å²) < 4.78 is 10.7. The monoisotopic (exact) mass is 314 g/mol. The van der Waals surface area contributed by atoms with Gasteiger partial charge in [-0.15, -0.1) is 0 Å². The van der Waals surface area contributed by atoms with E-state index in [0.29, 0.717) is 24.7 Å². The van der Waals surface area contributed by atoms with Gasteiger partial charge in [0.15, 0.2) is 0 Å². The predicted octanol–water partition coefficient (Wildman–Crippen LogP) is 3.68. The summed E-state index contributed by atoms with van der Waals surface area (Å²) in [5.41, 5.74) is 0.308. The van der Waals surface area contributed by atoms with Crippen LogP contribution in [0.3, 0.4) is 0 Å².